The fraction of sp³-hybridized carbons (Fsp3) is 0.500. The highest BCUT2D eigenvalue weighted by molar-refractivity contribution is 5.92. The minimum absolute atomic E-state index is 0.0288. The first kappa shape index (κ1) is 14.3. The first-order valence-corrected chi connectivity index (χ1v) is 6.85. The molecule has 2 rings (SSSR count). The summed E-state index contributed by atoms with van der Waals surface area (Å²) in [5, 5.41) is 6.66. The summed E-state index contributed by atoms with van der Waals surface area (Å²) in [6.45, 7) is 3.09. The SMILES string of the molecule is CCC1=NO[C@@H](C(=O)NCCCn2ccccc2=O)C1. The van der Waals surface area contributed by atoms with Gasteiger partial charge in [-0.3, -0.25) is 9.59 Å². The molecule has 1 aliphatic rings. The molecule has 1 aromatic rings. The van der Waals surface area contributed by atoms with Crippen LogP contribution < -0.4 is 10.9 Å². The van der Waals surface area contributed by atoms with Crippen LogP contribution in [0.3, 0.4) is 0 Å². The van der Waals surface area contributed by atoms with Crippen LogP contribution >= 0.6 is 0 Å². The Bertz CT molecular complexity index is 551. The molecule has 0 saturated heterocycles. The van der Waals surface area contributed by atoms with E-state index in [-0.39, 0.29) is 11.5 Å². The molecular formula is C14H19N3O3. The number of hydrogen-bond donors (Lipinski definition) is 1. The van der Waals surface area contributed by atoms with E-state index in [0.717, 1.165) is 12.1 Å². The van der Waals surface area contributed by atoms with Crippen LogP contribution in [-0.2, 0) is 16.2 Å². The molecule has 0 aromatic carbocycles. The summed E-state index contributed by atoms with van der Waals surface area (Å²) in [6.07, 6.45) is 3.32. The highest BCUT2D eigenvalue weighted by atomic mass is 16.6. The lowest BCUT2D eigenvalue weighted by Gasteiger charge is -2.10. The highest BCUT2D eigenvalue weighted by Crippen LogP contribution is 2.12. The molecule has 0 saturated carbocycles. The molecule has 1 aromatic heterocycles. The number of carbonyl (C=O) groups excluding carboxylic acids is 1. The minimum atomic E-state index is -0.496. The van der Waals surface area contributed by atoms with Crippen molar-refractivity contribution < 1.29 is 9.63 Å². The van der Waals surface area contributed by atoms with E-state index < -0.39 is 6.10 Å². The van der Waals surface area contributed by atoms with E-state index in [1.807, 2.05) is 13.0 Å². The third kappa shape index (κ3) is 3.69. The van der Waals surface area contributed by atoms with Crippen molar-refractivity contribution in [3.8, 4) is 0 Å². The van der Waals surface area contributed by atoms with E-state index in [0.29, 0.717) is 25.9 Å². The van der Waals surface area contributed by atoms with Crippen molar-refractivity contribution in [2.24, 2.45) is 5.16 Å². The van der Waals surface area contributed by atoms with Gasteiger partial charge >= 0.3 is 0 Å². The zero-order chi connectivity index (χ0) is 14.4. The number of hydrogen-bond acceptors (Lipinski definition) is 4. The number of nitrogens with one attached hydrogen (secondary N) is 1. The third-order valence-electron chi connectivity index (χ3n) is 3.20. The van der Waals surface area contributed by atoms with Gasteiger partial charge in [-0.25, -0.2) is 0 Å². The van der Waals surface area contributed by atoms with Gasteiger partial charge in [-0.1, -0.05) is 18.1 Å². The molecule has 1 N–H and O–H groups in total. The highest BCUT2D eigenvalue weighted by Gasteiger charge is 2.26. The molecule has 0 bridgehead atoms. The lowest BCUT2D eigenvalue weighted by atomic mass is 10.1. The topological polar surface area (TPSA) is 72.7 Å². The average Bonchev–Trinajstić information content (AvgIpc) is 2.94. The molecule has 0 aliphatic carbocycles. The van der Waals surface area contributed by atoms with Gasteiger partial charge in [0, 0.05) is 31.8 Å². The molecular weight excluding hydrogens is 258 g/mol. The van der Waals surface area contributed by atoms with Crippen molar-refractivity contribution in [1.82, 2.24) is 9.88 Å². The second kappa shape index (κ2) is 6.88. The molecule has 20 heavy (non-hydrogen) atoms. The fourth-order valence-electron chi connectivity index (χ4n) is 2.00. The van der Waals surface area contributed by atoms with Crippen molar-refractivity contribution in [1.29, 1.82) is 0 Å². The number of oxime groups is 1. The van der Waals surface area contributed by atoms with Crippen LogP contribution in [0.1, 0.15) is 26.2 Å². The van der Waals surface area contributed by atoms with Crippen molar-refractivity contribution >= 4 is 11.6 Å². The Morgan fingerprint density at radius 3 is 3.10 bits per heavy atom. The number of carbonyl (C=O) groups is 1. The first-order chi connectivity index (χ1) is 9.70. The smallest absolute Gasteiger partial charge is 0.264 e. The molecule has 0 unspecified atom stereocenters. The maximum atomic E-state index is 11.8. The molecule has 1 aliphatic heterocycles. The summed E-state index contributed by atoms with van der Waals surface area (Å²) in [5.74, 6) is -0.141. The van der Waals surface area contributed by atoms with E-state index >= 15 is 0 Å². The number of amides is 1. The third-order valence-corrected chi connectivity index (χ3v) is 3.20. The summed E-state index contributed by atoms with van der Waals surface area (Å²) in [6, 6.07) is 5.05. The van der Waals surface area contributed by atoms with Gasteiger partial charge in [-0.05, 0) is 18.9 Å². The van der Waals surface area contributed by atoms with Gasteiger partial charge in [0.25, 0.3) is 5.91 Å². The largest absolute Gasteiger partial charge is 0.382 e. The molecule has 108 valence electrons. The Morgan fingerprint density at radius 2 is 2.40 bits per heavy atom. The van der Waals surface area contributed by atoms with Crippen molar-refractivity contribution in [3.63, 3.8) is 0 Å². The van der Waals surface area contributed by atoms with Gasteiger partial charge in [-0.15, -0.1) is 0 Å². The Labute approximate surface area is 117 Å². The summed E-state index contributed by atoms with van der Waals surface area (Å²) >= 11 is 0. The summed E-state index contributed by atoms with van der Waals surface area (Å²) in [7, 11) is 0. The monoisotopic (exact) mass is 277 g/mol. The molecule has 0 spiro atoms. The van der Waals surface area contributed by atoms with Crippen molar-refractivity contribution in [2.45, 2.75) is 38.8 Å². The van der Waals surface area contributed by atoms with Gasteiger partial charge < -0.3 is 14.7 Å². The lowest BCUT2D eigenvalue weighted by molar-refractivity contribution is -0.131. The van der Waals surface area contributed by atoms with Crippen molar-refractivity contribution in [2.75, 3.05) is 6.54 Å². The summed E-state index contributed by atoms with van der Waals surface area (Å²) in [4.78, 5) is 28.3. The maximum Gasteiger partial charge on any atom is 0.264 e. The second-order valence-corrected chi connectivity index (χ2v) is 4.69. The normalized spacial score (nSPS) is 17.4. The van der Waals surface area contributed by atoms with Gasteiger partial charge in [0.05, 0.1) is 5.71 Å². The van der Waals surface area contributed by atoms with Crippen LogP contribution in [0.25, 0.3) is 0 Å². The standard InChI is InChI=1S/C14H19N3O3/c1-2-11-10-12(20-16-11)14(19)15-7-5-9-17-8-4-3-6-13(17)18/h3-4,6,8,12H,2,5,7,9-10H2,1H3,(H,15,19)/t12-/m1/s1. The molecule has 1 amide bonds. The van der Waals surface area contributed by atoms with Crippen LogP contribution in [0.2, 0.25) is 0 Å². The molecule has 1 atom stereocenters. The van der Waals surface area contributed by atoms with Gasteiger partial charge in [0.2, 0.25) is 11.7 Å². The minimum Gasteiger partial charge on any atom is -0.382 e. The van der Waals surface area contributed by atoms with E-state index in [1.54, 1.807) is 16.8 Å². The number of rotatable bonds is 6. The lowest BCUT2D eigenvalue weighted by Crippen LogP contribution is -2.35. The summed E-state index contributed by atoms with van der Waals surface area (Å²) < 4.78 is 1.62. The van der Waals surface area contributed by atoms with Crippen LogP contribution in [0.4, 0.5) is 0 Å². The van der Waals surface area contributed by atoms with E-state index in [2.05, 4.69) is 10.5 Å². The maximum absolute atomic E-state index is 11.8. The van der Waals surface area contributed by atoms with Gasteiger partial charge in [0.1, 0.15) is 0 Å². The van der Waals surface area contributed by atoms with Gasteiger partial charge in [0.15, 0.2) is 0 Å². The zero-order valence-electron chi connectivity index (χ0n) is 11.5. The van der Waals surface area contributed by atoms with Crippen LogP contribution in [0.15, 0.2) is 34.3 Å². The molecule has 0 radical (unpaired) electrons. The first-order valence-electron chi connectivity index (χ1n) is 6.85. The predicted octanol–water partition coefficient (Wildman–Crippen LogP) is 0.909. The quantitative estimate of drug-likeness (QED) is 0.785. The zero-order valence-corrected chi connectivity index (χ0v) is 11.5. The summed E-state index contributed by atoms with van der Waals surface area (Å²) in [5.41, 5.74) is 0.889. The van der Waals surface area contributed by atoms with Gasteiger partial charge in [-0.2, -0.15) is 0 Å². The van der Waals surface area contributed by atoms with E-state index in [1.165, 1.54) is 6.07 Å². The molecule has 0 fully saturated rings. The Morgan fingerprint density at radius 1 is 1.55 bits per heavy atom. The average molecular weight is 277 g/mol. The van der Waals surface area contributed by atoms with Crippen LogP contribution in [0.5, 0.6) is 0 Å². The number of aryl methyl sites for hydroxylation is 1. The molecule has 2 heterocycles. The van der Waals surface area contributed by atoms with Crippen molar-refractivity contribution in [3.05, 3.63) is 34.7 Å². The Hall–Kier alpha value is -2.11. The fourth-order valence-corrected chi connectivity index (χ4v) is 2.00. The number of nitrogens with zero attached hydrogens (tertiary/aromatic N) is 2. The van der Waals surface area contributed by atoms with E-state index in [4.69, 9.17) is 4.84 Å². The predicted molar refractivity (Wildman–Crippen MR) is 75.5 cm³/mol. The molecule has 6 heteroatoms. The van der Waals surface area contributed by atoms with E-state index in [9.17, 15) is 9.59 Å². The number of pyridine rings is 1. The molecule has 6 nitrogen and oxygen atoms in total. The second-order valence-electron chi connectivity index (χ2n) is 4.69. The van der Waals surface area contributed by atoms with Crippen LogP contribution in [0, 0.1) is 0 Å². The number of aromatic nitrogens is 1. The Balaban J connectivity index is 1.68. The van der Waals surface area contributed by atoms with Crippen LogP contribution in [-0.4, -0.2) is 28.8 Å². The Kier molecular flexibility index (Phi) is 4.92.